The molecule has 0 bridgehead atoms. The molecule has 2 amide bonds. The van der Waals surface area contributed by atoms with E-state index in [-0.39, 0.29) is 5.92 Å². The average Bonchev–Trinajstić information content (AvgIpc) is 3.04. The second-order valence-electron chi connectivity index (χ2n) is 5.70. The Morgan fingerprint density at radius 3 is 2.91 bits per heavy atom. The number of methoxy groups -OCH3 is 1. The predicted molar refractivity (Wildman–Crippen MR) is 83.2 cm³/mol. The smallest absolute Gasteiger partial charge is 0.314 e. The number of urea groups is 1. The van der Waals surface area contributed by atoms with E-state index >= 15 is 0 Å². The van der Waals surface area contributed by atoms with Gasteiger partial charge in [-0.05, 0) is 30.5 Å². The fourth-order valence-corrected chi connectivity index (χ4v) is 2.81. The van der Waals surface area contributed by atoms with Gasteiger partial charge in [0.1, 0.15) is 5.75 Å². The third-order valence-corrected chi connectivity index (χ3v) is 4.09. The molecule has 122 valence electrons. The van der Waals surface area contributed by atoms with Gasteiger partial charge < -0.3 is 19.9 Å². The van der Waals surface area contributed by atoms with Gasteiger partial charge in [-0.2, -0.15) is 4.98 Å². The van der Waals surface area contributed by atoms with Crippen LogP contribution in [-0.4, -0.2) is 41.3 Å². The summed E-state index contributed by atoms with van der Waals surface area (Å²) < 4.78 is 10.5. The van der Waals surface area contributed by atoms with Crippen molar-refractivity contribution in [3.8, 4) is 5.75 Å². The van der Waals surface area contributed by atoms with Crippen LogP contribution in [0.25, 0.3) is 0 Å². The first-order valence-electron chi connectivity index (χ1n) is 7.65. The zero-order valence-corrected chi connectivity index (χ0v) is 13.1. The Kier molecular flexibility index (Phi) is 4.45. The molecular formula is C16H20N4O3. The topological polar surface area (TPSA) is 94.5 Å². The molecule has 0 radical (unpaired) electrons. The zero-order chi connectivity index (χ0) is 16.2. The number of piperidine rings is 1. The number of aromatic nitrogens is 2. The van der Waals surface area contributed by atoms with Gasteiger partial charge in [-0.1, -0.05) is 17.3 Å². The van der Waals surface area contributed by atoms with Gasteiger partial charge in [0, 0.05) is 19.5 Å². The Morgan fingerprint density at radius 1 is 1.43 bits per heavy atom. The number of nitrogens with zero attached hydrogens (tertiary/aromatic N) is 3. The molecule has 3 rings (SSSR count). The molecule has 1 aliphatic heterocycles. The van der Waals surface area contributed by atoms with Crippen molar-refractivity contribution < 1.29 is 14.1 Å². The van der Waals surface area contributed by atoms with E-state index < -0.39 is 6.03 Å². The first-order chi connectivity index (χ1) is 11.2. The monoisotopic (exact) mass is 316 g/mol. The number of hydrogen-bond acceptors (Lipinski definition) is 5. The number of carbonyl (C=O) groups is 1. The largest absolute Gasteiger partial charge is 0.497 e. The third kappa shape index (κ3) is 3.61. The van der Waals surface area contributed by atoms with Crippen molar-refractivity contribution in [3.05, 3.63) is 41.5 Å². The Hall–Kier alpha value is -2.57. The van der Waals surface area contributed by atoms with Crippen LogP contribution in [0, 0.1) is 0 Å². The summed E-state index contributed by atoms with van der Waals surface area (Å²) >= 11 is 0. The van der Waals surface area contributed by atoms with Crippen molar-refractivity contribution >= 4 is 6.03 Å². The molecule has 1 fully saturated rings. The summed E-state index contributed by atoms with van der Waals surface area (Å²) in [5.41, 5.74) is 6.43. The van der Waals surface area contributed by atoms with Gasteiger partial charge in [0.15, 0.2) is 5.82 Å². The summed E-state index contributed by atoms with van der Waals surface area (Å²) in [7, 11) is 1.64. The highest BCUT2D eigenvalue weighted by Gasteiger charge is 2.27. The van der Waals surface area contributed by atoms with Crippen LogP contribution in [0.4, 0.5) is 4.79 Å². The molecule has 23 heavy (non-hydrogen) atoms. The number of nitrogens with two attached hydrogens (primary N) is 1. The molecule has 2 N–H and O–H groups in total. The maximum atomic E-state index is 11.3. The van der Waals surface area contributed by atoms with Gasteiger partial charge in [0.2, 0.25) is 5.89 Å². The highest BCUT2D eigenvalue weighted by Crippen LogP contribution is 2.26. The minimum atomic E-state index is -0.396. The average molecular weight is 316 g/mol. The highest BCUT2D eigenvalue weighted by atomic mass is 16.5. The van der Waals surface area contributed by atoms with E-state index in [0.29, 0.717) is 31.2 Å². The van der Waals surface area contributed by atoms with Crippen LogP contribution in [0.1, 0.15) is 36.0 Å². The maximum absolute atomic E-state index is 11.3. The predicted octanol–water partition coefficient (Wildman–Crippen LogP) is 1.93. The van der Waals surface area contributed by atoms with Crippen molar-refractivity contribution in [1.82, 2.24) is 15.0 Å². The Balaban J connectivity index is 1.66. The fraction of sp³-hybridized carbons (Fsp3) is 0.438. The molecule has 1 unspecified atom stereocenters. The van der Waals surface area contributed by atoms with Crippen molar-refractivity contribution in [1.29, 1.82) is 0 Å². The summed E-state index contributed by atoms with van der Waals surface area (Å²) in [6.07, 6.45) is 2.41. The van der Waals surface area contributed by atoms with E-state index in [4.69, 9.17) is 15.0 Å². The molecule has 1 aromatic heterocycles. The van der Waals surface area contributed by atoms with E-state index in [0.717, 1.165) is 24.2 Å². The minimum Gasteiger partial charge on any atom is -0.497 e. The number of likely N-dealkylation sites (tertiary alicyclic amines) is 1. The lowest BCUT2D eigenvalue weighted by Gasteiger charge is -2.29. The number of hydrogen-bond donors (Lipinski definition) is 1. The molecule has 7 nitrogen and oxygen atoms in total. The van der Waals surface area contributed by atoms with Crippen LogP contribution in [0.15, 0.2) is 28.8 Å². The van der Waals surface area contributed by atoms with Crippen LogP contribution in [0.5, 0.6) is 5.75 Å². The molecule has 0 aliphatic carbocycles. The number of primary amides is 1. The Morgan fingerprint density at radius 2 is 2.22 bits per heavy atom. The van der Waals surface area contributed by atoms with Gasteiger partial charge in [-0.15, -0.1) is 0 Å². The van der Waals surface area contributed by atoms with Crippen molar-refractivity contribution in [2.75, 3.05) is 20.2 Å². The molecule has 0 spiro atoms. The molecule has 2 aromatic rings. The molecule has 2 heterocycles. The van der Waals surface area contributed by atoms with Crippen LogP contribution in [0.3, 0.4) is 0 Å². The number of ether oxygens (including phenoxy) is 1. The summed E-state index contributed by atoms with van der Waals surface area (Å²) in [6.45, 7) is 1.23. The van der Waals surface area contributed by atoms with Crippen LogP contribution in [-0.2, 0) is 6.42 Å². The second kappa shape index (κ2) is 6.68. The number of carbonyl (C=O) groups excluding carboxylic acids is 1. The molecule has 7 heteroatoms. The number of rotatable bonds is 4. The standard InChI is InChI=1S/C16H20N4O3/c1-22-13-6-4-11(5-7-13)9-14-18-15(23-19-14)12-3-2-8-20(10-12)16(17)21/h4-7,12H,2-3,8-10H2,1H3,(H2,17,21). The van der Waals surface area contributed by atoms with Gasteiger partial charge in [-0.25, -0.2) is 4.79 Å². The van der Waals surface area contributed by atoms with E-state index in [1.807, 2.05) is 24.3 Å². The molecule has 1 atom stereocenters. The summed E-state index contributed by atoms with van der Waals surface area (Å²) in [4.78, 5) is 17.4. The molecular weight excluding hydrogens is 296 g/mol. The van der Waals surface area contributed by atoms with Crippen molar-refractivity contribution in [3.63, 3.8) is 0 Å². The first kappa shape index (κ1) is 15.3. The van der Waals surface area contributed by atoms with Crippen molar-refractivity contribution in [2.45, 2.75) is 25.2 Å². The van der Waals surface area contributed by atoms with Crippen LogP contribution >= 0.6 is 0 Å². The summed E-state index contributed by atoms with van der Waals surface area (Å²) in [5.74, 6) is 2.10. The van der Waals surface area contributed by atoms with E-state index in [2.05, 4.69) is 10.1 Å². The molecule has 1 aliphatic rings. The highest BCUT2D eigenvalue weighted by molar-refractivity contribution is 5.72. The maximum Gasteiger partial charge on any atom is 0.314 e. The lowest BCUT2D eigenvalue weighted by atomic mass is 9.98. The number of benzene rings is 1. The van der Waals surface area contributed by atoms with Gasteiger partial charge in [-0.3, -0.25) is 0 Å². The normalized spacial score (nSPS) is 18.0. The summed E-state index contributed by atoms with van der Waals surface area (Å²) in [6, 6.07) is 7.37. The zero-order valence-electron chi connectivity index (χ0n) is 13.1. The molecule has 1 aromatic carbocycles. The molecule has 1 saturated heterocycles. The van der Waals surface area contributed by atoms with E-state index in [1.54, 1.807) is 12.0 Å². The van der Waals surface area contributed by atoms with Crippen molar-refractivity contribution in [2.24, 2.45) is 5.73 Å². The number of amides is 2. The summed E-state index contributed by atoms with van der Waals surface area (Å²) in [5, 5.41) is 4.05. The van der Waals surface area contributed by atoms with E-state index in [1.165, 1.54) is 0 Å². The Bertz CT molecular complexity index is 668. The fourth-order valence-electron chi connectivity index (χ4n) is 2.81. The van der Waals surface area contributed by atoms with E-state index in [9.17, 15) is 4.79 Å². The lowest BCUT2D eigenvalue weighted by Crippen LogP contribution is -2.42. The van der Waals surface area contributed by atoms with Crippen LogP contribution < -0.4 is 10.5 Å². The van der Waals surface area contributed by atoms with Gasteiger partial charge in [0.05, 0.1) is 13.0 Å². The first-order valence-corrected chi connectivity index (χ1v) is 7.65. The molecule has 0 saturated carbocycles. The SMILES string of the molecule is COc1ccc(Cc2noc(C3CCCN(C(N)=O)C3)n2)cc1. The lowest BCUT2D eigenvalue weighted by molar-refractivity contribution is 0.180. The quantitative estimate of drug-likeness (QED) is 0.930. The second-order valence-corrected chi connectivity index (χ2v) is 5.70. The van der Waals surface area contributed by atoms with Gasteiger partial charge in [0.25, 0.3) is 0 Å². The minimum absolute atomic E-state index is 0.0633. The Labute approximate surface area is 134 Å². The van der Waals surface area contributed by atoms with Gasteiger partial charge >= 0.3 is 6.03 Å². The van der Waals surface area contributed by atoms with Crippen LogP contribution in [0.2, 0.25) is 0 Å². The third-order valence-electron chi connectivity index (χ3n) is 4.09.